The zero-order chi connectivity index (χ0) is 20.8. The van der Waals surface area contributed by atoms with Gasteiger partial charge in [0.2, 0.25) is 5.91 Å². The number of ether oxygens (including phenoxy) is 1. The average Bonchev–Trinajstić information content (AvgIpc) is 3.45. The van der Waals surface area contributed by atoms with E-state index in [1.165, 1.54) is 24.1 Å². The molecular weight excluding hydrogens is 378 g/mol. The lowest BCUT2D eigenvalue weighted by molar-refractivity contribution is -0.116. The highest BCUT2D eigenvalue weighted by Gasteiger charge is 2.21. The molecule has 0 atom stereocenters. The average molecular weight is 412 g/mol. The van der Waals surface area contributed by atoms with Crippen LogP contribution in [0, 0.1) is 0 Å². The highest BCUT2D eigenvalue weighted by Crippen LogP contribution is 2.31. The first kappa shape index (κ1) is 20.9. The molecule has 1 aromatic carbocycles. The molecule has 1 saturated carbocycles. The normalized spacial score (nSPS) is 17.6. The summed E-state index contributed by atoms with van der Waals surface area (Å²) in [6, 6.07) is 10.9. The Hall–Kier alpha value is -2.38. The topological polar surface area (TPSA) is 62.6 Å². The first-order valence-electron chi connectivity index (χ1n) is 11.1. The highest BCUT2D eigenvalue weighted by molar-refractivity contribution is 5.89. The highest BCUT2D eigenvalue weighted by atomic mass is 16.5. The molecule has 30 heavy (non-hydrogen) atoms. The summed E-state index contributed by atoms with van der Waals surface area (Å²) in [5.74, 6) is 0.871. The number of nitrogens with zero attached hydrogens (tertiary/aromatic N) is 4. The van der Waals surface area contributed by atoms with Crippen LogP contribution in [-0.2, 0) is 16.1 Å². The second kappa shape index (κ2) is 10.1. The van der Waals surface area contributed by atoms with Crippen LogP contribution in [0.1, 0.15) is 43.7 Å². The van der Waals surface area contributed by atoms with Crippen LogP contribution in [0.4, 0.5) is 11.5 Å². The van der Waals surface area contributed by atoms with E-state index in [2.05, 4.69) is 51.5 Å². The Labute approximate surface area is 179 Å². The number of anilines is 2. The molecule has 2 aliphatic rings. The van der Waals surface area contributed by atoms with E-state index in [9.17, 15) is 4.79 Å². The Morgan fingerprint density at radius 1 is 1.20 bits per heavy atom. The van der Waals surface area contributed by atoms with Gasteiger partial charge in [0, 0.05) is 44.4 Å². The van der Waals surface area contributed by atoms with Gasteiger partial charge in [-0.15, -0.1) is 0 Å². The minimum absolute atomic E-state index is 0.0445. The van der Waals surface area contributed by atoms with E-state index in [1.807, 2.05) is 10.7 Å². The van der Waals surface area contributed by atoms with Crippen molar-refractivity contribution in [1.82, 2.24) is 14.7 Å². The number of nitrogens with one attached hydrogen (secondary N) is 1. The summed E-state index contributed by atoms with van der Waals surface area (Å²) in [6.45, 7) is 4.95. The van der Waals surface area contributed by atoms with Gasteiger partial charge in [0.1, 0.15) is 5.82 Å². The summed E-state index contributed by atoms with van der Waals surface area (Å²) < 4.78 is 7.48. The van der Waals surface area contributed by atoms with Gasteiger partial charge >= 0.3 is 0 Å². The van der Waals surface area contributed by atoms with Gasteiger partial charge in [-0.25, -0.2) is 4.68 Å². The number of para-hydroxylation sites is 1. The molecule has 1 aliphatic heterocycles. The van der Waals surface area contributed by atoms with Gasteiger partial charge in [-0.3, -0.25) is 4.79 Å². The molecule has 1 amide bonds. The molecule has 162 valence electrons. The summed E-state index contributed by atoms with van der Waals surface area (Å²) >= 11 is 0. The fraction of sp³-hybridized carbons (Fsp3) is 0.565. The van der Waals surface area contributed by atoms with Gasteiger partial charge in [0.25, 0.3) is 0 Å². The van der Waals surface area contributed by atoms with Crippen LogP contribution in [0.3, 0.4) is 0 Å². The number of carbonyl (C=O) groups is 1. The number of aromatic nitrogens is 2. The summed E-state index contributed by atoms with van der Waals surface area (Å²) in [6.07, 6.45) is 7.03. The predicted octanol–water partition coefficient (Wildman–Crippen LogP) is 3.30. The van der Waals surface area contributed by atoms with E-state index in [-0.39, 0.29) is 5.91 Å². The summed E-state index contributed by atoms with van der Waals surface area (Å²) in [4.78, 5) is 17.2. The van der Waals surface area contributed by atoms with Gasteiger partial charge < -0.3 is 19.9 Å². The molecule has 0 unspecified atom stereocenters. The Bertz CT molecular complexity index is 825. The standard InChI is InChI=1S/C23H33N5O2/c1-26(18-19-6-2-5-9-21(19)27-14-16-30-17-15-27)13-11-23(29)25-22-10-12-24-28(22)20-7-3-4-8-20/h2,5-6,9-10,12,20H,3-4,7-8,11,13-18H2,1H3,(H,25,29). The Balaban J connectivity index is 1.29. The zero-order valence-corrected chi connectivity index (χ0v) is 17.9. The van der Waals surface area contributed by atoms with Crippen LogP contribution >= 0.6 is 0 Å². The van der Waals surface area contributed by atoms with E-state index in [1.54, 1.807) is 6.20 Å². The number of carbonyl (C=O) groups excluding carboxylic acids is 1. The summed E-state index contributed by atoms with van der Waals surface area (Å²) in [5, 5.41) is 7.50. The molecule has 0 bridgehead atoms. The van der Waals surface area contributed by atoms with Crippen molar-refractivity contribution in [2.24, 2.45) is 0 Å². The van der Waals surface area contributed by atoms with E-state index in [0.717, 1.165) is 51.5 Å². The van der Waals surface area contributed by atoms with Gasteiger partial charge in [0.15, 0.2) is 0 Å². The van der Waals surface area contributed by atoms with Crippen molar-refractivity contribution in [2.45, 2.75) is 44.7 Å². The Kier molecular flexibility index (Phi) is 7.02. The molecule has 1 N–H and O–H groups in total. The molecular formula is C23H33N5O2. The maximum absolute atomic E-state index is 12.5. The SMILES string of the molecule is CN(CCC(=O)Nc1ccnn1C1CCCC1)Cc1ccccc1N1CCOCC1. The van der Waals surface area contributed by atoms with Crippen molar-refractivity contribution in [2.75, 3.05) is 50.1 Å². The van der Waals surface area contributed by atoms with E-state index >= 15 is 0 Å². The van der Waals surface area contributed by atoms with Crippen LogP contribution in [0.2, 0.25) is 0 Å². The predicted molar refractivity (Wildman–Crippen MR) is 119 cm³/mol. The number of amides is 1. The number of hydrogen-bond acceptors (Lipinski definition) is 5. The van der Waals surface area contributed by atoms with Crippen LogP contribution in [0.25, 0.3) is 0 Å². The fourth-order valence-electron chi connectivity index (χ4n) is 4.48. The lowest BCUT2D eigenvalue weighted by Crippen LogP contribution is -2.37. The second-order valence-corrected chi connectivity index (χ2v) is 8.36. The fourth-order valence-corrected chi connectivity index (χ4v) is 4.48. The molecule has 0 spiro atoms. The van der Waals surface area contributed by atoms with Gasteiger partial charge in [-0.05, 0) is 31.5 Å². The molecule has 7 nitrogen and oxygen atoms in total. The summed E-state index contributed by atoms with van der Waals surface area (Å²) in [7, 11) is 2.08. The Morgan fingerprint density at radius 2 is 1.97 bits per heavy atom. The molecule has 1 aromatic heterocycles. The molecule has 2 fully saturated rings. The van der Waals surface area contributed by atoms with Crippen molar-refractivity contribution in [3.63, 3.8) is 0 Å². The van der Waals surface area contributed by atoms with Crippen LogP contribution in [0.5, 0.6) is 0 Å². The van der Waals surface area contributed by atoms with Gasteiger partial charge in [0.05, 0.1) is 25.5 Å². The molecule has 1 aliphatic carbocycles. The minimum atomic E-state index is 0.0445. The van der Waals surface area contributed by atoms with Crippen molar-refractivity contribution >= 4 is 17.4 Å². The molecule has 4 rings (SSSR count). The third-order valence-corrected chi connectivity index (χ3v) is 6.11. The number of rotatable bonds is 8. The molecule has 0 radical (unpaired) electrons. The van der Waals surface area contributed by atoms with Crippen molar-refractivity contribution in [1.29, 1.82) is 0 Å². The van der Waals surface area contributed by atoms with Crippen molar-refractivity contribution in [3.05, 3.63) is 42.1 Å². The lowest BCUT2D eigenvalue weighted by Gasteiger charge is -2.31. The smallest absolute Gasteiger partial charge is 0.226 e. The van der Waals surface area contributed by atoms with Crippen LogP contribution < -0.4 is 10.2 Å². The first-order chi connectivity index (χ1) is 14.7. The third-order valence-electron chi connectivity index (χ3n) is 6.11. The van der Waals surface area contributed by atoms with E-state index in [4.69, 9.17) is 4.74 Å². The first-order valence-corrected chi connectivity index (χ1v) is 11.1. The van der Waals surface area contributed by atoms with Crippen molar-refractivity contribution < 1.29 is 9.53 Å². The van der Waals surface area contributed by atoms with Gasteiger partial charge in [-0.2, -0.15) is 5.10 Å². The second-order valence-electron chi connectivity index (χ2n) is 8.36. The molecule has 2 aromatic rings. The molecule has 1 saturated heterocycles. The zero-order valence-electron chi connectivity index (χ0n) is 17.9. The van der Waals surface area contributed by atoms with E-state index in [0.29, 0.717) is 19.0 Å². The molecule has 2 heterocycles. The van der Waals surface area contributed by atoms with Crippen LogP contribution in [-0.4, -0.2) is 60.5 Å². The largest absolute Gasteiger partial charge is 0.378 e. The maximum atomic E-state index is 12.5. The maximum Gasteiger partial charge on any atom is 0.226 e. The van der Waals surface area contributed by atoms with Crippen LogP contribution in [0.15, 0.2) is 36.5 Å². The van der Waals surface area contributed by atoms with E-state index < -0.39 is 0 Å². The number of benzene rings is 1. The van der Waals surface area contributed by atoms with Gasteiger partial charge in [-0.1, -0.05) is 31.0 Å². The molecule has 7 heteroatoms. The van der Waals surface area contributed by atoms with Crippen molar-refractivity contribution in [3.8, 4) is 0 Å². The minimum Gasteiger partial charge on any atom is -0.378 e. The number of morpholine rings is 1. The number of hydrogen-bond donors (Lipinski definition) is 1. The quantitative estimate of drug-likeness (QED) is 0.722. The lowest BCUT2D eigenvalue weighted by atomic mass is 10.1. The Morgan fingerprint density at radius 3 is 2.77 bits per heavy atom. The third kappa shape index (κ3) is 5.21. The monoisotopic (exact) mass is 411 g/mol. The summed E-state index contributed by atoms with van der Waals surface area (Å²) in [5.41, 5.74) is 2.57.